The summed E-state index contributed by atoms with van der Waals surface area (Å²) in [5.41, 5.74) is 1.36. The normalized spacial score (nSPS) is 14.1. The largest absolute Gasteiger partial charge is 0.481 e. The van der Waals surface area contributed by atoms with E-state index in [-0.39, 0.29) is 0 Å². The number of hydrogen-bond acceptors (Lipinski definition) is 6. The van der Waals surface area contributed by atoms with Crippen LogP contribution in [0.15, 0.2) is 17.5 Å². The molecule has 6 heteroatoms. The van der Waals surface area contributed by atoms with Gasteiger partial charge in [0.1, 0.15) is 0 Å². The lowest BCUT2D eigenvalue weighted by Crippen LogP contribution is -2.31. The third-order valence-corrected chi connectivity index (χ3v) is 4.20. The van der Waals surface area contributed by atoms with Gasteiger partial charge in [0.05, 0.1) is 20.3 Å². The monoisotopic (exact) mass is 277 g/mol. The molecule has 0 atom stereocenters. The molecule has 2 aromatic heterocycles. The minimum atomic E-state index is 0.526. The molecule has 3 heterocycles. The average molecular weight is 277 g/mol. The van der Waals surface area contributed by atoms with E-state index in [1.54, 1.807) is 20.3 Å². The van der Waals surface area contributed by atoms with E-state index < -0.39 is 0 Å². The summed E-state index contributed by atoms with van der Waals surface area (Å²) in [6.45, 7) is 1.76. The predicted molar refractivity (Wildman–Crippen MR) is 74.2 cm³/mol. The van der Waals surface area contributed by atoms with Crippen molar-refractivity contribution in [1.29, 1.82) is 0 Å². The average Bonchev–Trinajstić information content (AvgIpc) is 2.94. The van der Waals surface area contributed by atoms with Gasteiger partial charge in [0.25, 0.3) is 0 Å². The quantitative estimate of drug-likeness (QED) is 0.860. The molecule has 0 fully saturated rings. The Balaban J connectivity index is 1.90. The first-order valence-electron chi connectivity index (χ1n) is 6.07. The van der Waals surface area contributed by atoms with Gasteiger partial charge < -0.3 is 14.4 Å². The van der Waals surface area contributed by atoms with Crippen molar-refractivity contribution in [1.82, 2.24) is 9.97 Å². The number of hydrogen-bond donors (Lipinski definition) is 0. The second-order valence-corrected chi connectivity index (χ2v) is 5.29. The van der Waals surface area contributed by atoms with Crippen LogP contribution in [0.3, 0.4) is 0 Å². The first-order valence-corrected chi connectivity index (χ1v) is 6.95. The first kappa shape index (κ1) is 12.2. The standard InChI is InChI=1S/C13H15N3O2S/c1-17-11-7-12(18-2)15-13(14-11)16-5-3-10-9(8-16)4-6-19-10/h4,6-7H,3,5,8H2,1-2H3. The zero-order valence-corrected chi connectivity index (χ0v) is 11.7. The molecule has 3 rings (SSSR count). The van der Waals surface area contributed by atoms with Crippen molar-refractivity contribution in [3.05, 3.63) is 28.0 Å². The van der Waals surface area contributed by atoms with E-state index in [1.165, 1.54) is 10.4 Å². The minimum absolute atomic E-state index is 0.526. The number of anilines is 1. The van der Waals surface area contributed by atoms with Gasteiger partial charge in [0.15, 0.2) is 0 Å². The van der Waals surface area contributed by atoms with E-state index in [2.05, 4.69) is 26.3 Å². The Morgan fingerprint density at radius 2 is 1.95 bits per heavy atom. The van der Waals surface area contributed by atoms with Crippen molar-refractivity contribution >= 4 is 17.3 Å². The number of methoxy groups -OCH3 is 2. The molecule has 2 aromatic rings. The molecule has 0 amide bonds. The van der Waals surface area contributed by atoms with Crippen LogP contribution in [0.2, 0.25) is 0 Å². The Bertz CT molecular complexity index is 563. The van der Waals surface area contributed by atoms with Crippen molar-refractivity contribution in [3.63, 3.8) is 0 Å². The molecule has 0 spiro atoms. The Hall–Kier alpha value is -1.82. The summed E-state index contributed by atoms with van der Waals surface area (Å²) in [5, 5.41) is 2.14. The third-order valence-electron chi connectivity index (χ3n) is 3.18. The summed E-state index contributed by atoms with van der Waals surface area (Å²) in [4.78, 5) is 12.4. The van der Waals surface area contributed by atoms with Gasteiger partial charge >= 0.3 is 0 Å². The second kappa shape index (κ2) is 5.05. The fourth-order valence-corrected chi connectivity index (χ4v) is 3.05. The number of ether oxygens (including phenoxy) is 2. The zero-order valence-electron chi connectivity index (χ0n) is 10.9. The van der Waals surface area contributed by atoms with E-state index in [9.17, 15) is 0 Å². The van der Waals surface area contributed by atoms with E-state index in [1.807, 2.05) is 11.3 Å². The molecular weight excluding hydrogens is 262 g/mol. The summed E-state index contributed by atoms with van der Waals surface area (Å²) in [6, 6.07) is 3.85. The molecule has 100 valence electrons. The Kier molecular flexibility index (Phi) is 3.25. The van der Waals surface area contributed by atoms with Gasteiger partial charge in [0, 0.05) is 18.0 Å². The van der Waals surface area contributed by atoms with Crippen LogP contribution in [0, 0.1) is 0 Å². The van der Waals surface area contributed by atoms with Crippen molar-refractivity contribution in [2.75, 3.05) is 25.7 Å². The summed E-state index contributed by atoms with van der Waals surface area (Å²) in [5.74, 6) is 1.71. The molecule has 0 aromatic carbocycles. The lowest BCUT2D eigenvalue weighted by atomic mass is 10.1. The van der Waals surface area contributed by atoms with Crippen LogP contribution in [0.25, 0.3) is 0 Å². The molecular formula is C13H15N3O2S. The Labute approximate surface area is 115 Å². The van der Waals surface area contributed by atoms with Crippen molar-refractivity contribution in [2.24, 2.45) is 0 Å². The number of thiophene rings is 1. The van der Waals surface area contributed by atoms with Crippen molar-refractivity contribution in [2.45, 2.75) is 13.0 Å². The highest BCUT2D eigenvalue weighted by Gasteiger charge is 2.20. The molecule has 19 heavy (non-hydrogen) atoms. The Morgan fingerprint density at radius 3 is 2.63 bits per heavy atom. The molecule has 0 unspecified atom stereocenters. The fourth-order valence-electron chi connectivity index (χ4n) is 2.16. The summed E-state index contributed by atoms with van der Waals surface area (Å²) >= 11 is 1.82. The van der Waals surface area contributed by atoms with Crippen molar-refractivity contribution in [3.8, 4) is 11.8 Å². The van der Waals surface area contributed by atoms with Crippen molar-refractivity contribution < 1.29 is 9.47 Å². The van der Waals surface area contributed by atoms with E-state index in [0.29, 0.717) is 17.7 Å². The number of fused-ring (bicyclic) bond motifs is 1. The van der Waals surface area contributed by atoms with Gasteiger partial charge in [-0.2, -0.15) is 9.97 Å². The fraction of sp³-hybridized carbons (Fsp3) is 0.385. The maximum atomic E-state index is 5.19. The topological polar surface area (TPSA) is 47.5 Å². The molecule has 1 aliphatic heterocycles. The second-order valence-electron chi connectivity index (χ2n) is 4.29. The highest BCUT2D eigenvalue weighted by atomic mass is 32.1. The van der Waals surface area contributed by atoms with E-state index in [4.69, 9.17) is 9.47 Å². The predicted octanol–water partition coefficient (Wildman–Crippen LogP) is 2.12. The smallest absolute Gasteiger partial charge is 0.232 e. The van der Waals surface area contributed by atoms with Gasteiger partial charge in [-0.15, -0.1) is 11.3 Å². The Morgan fingerprint density at radius 1 is 1.21 bits per heavy atom. The first-order chi connectivity index (χ1) is 9.30. The van der Waals surface area contributed by atoms with Crippen LogP contribution >= 0.6 is 11.3 Å². The van der Waals surface area contributed by atoms with Crippen LogP contribution in [-0.4, -0.2) is 30.7 Å². The summed E-state index contributed by atoms with van der Waals surface area (Å²) in [7, 11) is 3.19. The van der Waals surface area contributed by atoms with Gasteiger partial charge in [0.2, 0.25) is 17.7 Å². The molecule has 0 saturated heterocycles. The van der Waals surface area contributed by atoms with Gasteiger partial charge in [-0.05, 0) is 23.4 Å². The van der Waals surface area contributed by atoms with Gasteiger partial charge in [-0.25, -0.2) is 0 Å². The van der Waals surface area contributed by atoms with Crippen LogP contribution in [0.5, 0.6) is 11.8 Å². The van der Waals surface area contributed by atoms with Crippen LogP contribution < -0.4 is 14.4 Å². The molecule has 0 aliphatic carbocycles. The van der Waals surface area contributed by atoms with Crippen LogP contribution in [0.4, 0.5) is 5.95 Å². The van der Waals surface area contributed by atoms with Gasteiger partial charge in [-0.1, -0.05) is 0 Å². The minimum Gasteiger partial charge on any atom is -0.481 e. The highest BCUT2D eigenvalue weighted by Crippen LogP contribution is 2.28. The van der Waals surface area contributed by atoms with E-state index >= 15 is 0 Å². The van der Waals surface area contributed by atoms with E-state index in [0.717, 1.165) is 19.5 Å². The molecule has 0 saturated carbocycles. The number of aromatic nitrogens is 2. The summed E-state index contributed by atoms with van der Waals surface area (Å²) < 4.78 is 10.4. The molecule has 5 nitrogen and oxygen atoms in total. The maximum Gasteiger partial charge on any atom is 0.232 e. The number of rotatable bonds is 3. The van der Waals surface area contributed by atoms with Crippen LogP contribution in [0.1, 0.15) is 10.4 Å². The summed E-state index contributed by atoms with van der Waals surface area (Å²) in [6.07, 6.45) is 1.04. The third kappa shape index (κ3) is 2.35. The lowest BCUT2D eigenvalue weighted by Gasteiger charge is -2.27. The zero-order chi connectivity index (χ0) is 13.2. The maximum absolute atomic E-state index is 5.19. The number of nitrogens with zero attached hydrogens (tertiary/aromatic N) is 3. The molecule has 0 radical (unpaired) electrons. The van der Waals surface area contributed by atoms with Gasteiger partial charge in [-0.3, -0.25) is 0 Å². The van der Waals surface area contributed by atoms with Crippen LogP contribution in [-0.2, 0) is 13.0 Å². The molecule has 1 aliphatic rings. The molecule has 0 N–H and O–H groups in total. The SMILES string of the molecule is COc1cc(OC)nc(N2CCc3sccc3C2)n1. The lowest BCUT2D eigenvalue weighted by molar-refractivity contribution is 0.371. The highest BCUT2D eigenvalue weighted by molar-refractivity contribution is 7.10. The molecule has 0 bridgehead atoms.